The predicted molar refractivity (Wildman–Crippen MR) is 125 cm³/mol. The normalized spacial score (nSPS) is 17.1. The van der Waals surface area contributed by atoms with Crippen LogP contribution in [0, 0.1) is 5.92 Å². The van der Waals surface area contributed by atoms with Crippen molar-refractivity contribution in [2.24, 2.45) is 5.92 Å². The molecule has 4 aromatic rings. The fourth-order valence-corrected chi connectivity index (χ4v) is 4.73. The quantitative estimate of drug-likeness (QED) is 0.479. The summed E-state index contributed by atoms with van der Waals surface area (Å²) in [5.74, 6) is 1.03. The Morgan fingerprint density at radius 1 is 0.938 bits per heavy atom. The van der Waals surface area contributed by atoms with E-state index < -0.39 is 0 Å². The van der Waals surface area contributed by atoms with Crippen molar-refractivity contribution in [3.8, 4) is 11.5 Å². The van der Waals surface area contributed by atoms with Gasteiger partial charge in [-0.2, -0.15) is 0 Å². The number of carbonyl (C=O) groups is 1. The highest BCUT2D eigenvalue weighted by Gasteiger charge is 2.39. The molecule has 3 aromatic carbocycles. The lowest BCUT2D eigenvalue weighted by Crippen LogP contribution is -2.27. The highest BCUT2D eigenvalue weighted by atomic mass is 16.5. The van der Waals surface area contributed by atoms with Crippen LogP contribution in [-0.2, 0) is 11.2 Å². The van der Waals surface area contributed by atoms with E-state index >= 15 is 0 Å². The van der Waals surface area contributed by atoms with Gasteiger partial charge in [-0.15, -0.1) is 0 Å². The fraction of sp³-hybridized carbons (Fsp3) is 0.185. The maximum absolute atomic E-state index is 13.6. The average Bonchev–Trinajstić information content (AvgIpc) is 3.23. The Balaban J connectivity index is 1.55. The van der Waals surface area contributed by atoms with Crippen molar-refractivity contribution in [3.05, 3.63) is 95.7 Å². The van der Waals surface area contributed by atoms with Gasteiger partial charge in [0.05, 0.1) is 31.3 Å². The molecule has 5 nitrogen and oxygen atoms in total. The number of hydrogen-bond donors (Lipinski definition) is 1. The minimum Gasteiger partial charge on any atom is -0.497 e. The molecule has 1 amide bonds. The Hall–Kier alpha value is -3.86. The van der Waals surface area contributed by atoms with Gasteiger partial charge < -0.3 is 14.8 Å². The zero-order valence-electron chi connectivity index (χ0n) is 18.0. The predicted octanol–water partition coefficient (Wildman–Crippen LogP) is 5.19. The van der Waals surface area contributed by atoms with Crippen LogP contribution in [0.4, 0.5) is 5.69 Å². The number of methoxy groups -OCH3 is 2. The van der Waals surface area contributed by atoms with E-state index in [1.165, 1.54) is 5.56 Å². The molecule has 0 bridgehead atoms. The smallest absolute Gasteiger partial charge is 0.228 e. The SMILES string of the molecule is COc1ccc([C@@H]2c3ccccc3C[C@@H]2C(=O)Nc2cccc3cccnc23)c(OC)c1. The molecular formula is C27H24N2O3. The summed E-state index contributed by atoms with van der Waals surface area (Å²) in [5, 5.41) is 4.15. The monoisotopic (exact) mass is 424 g/mol. The first-order chi connectivity index (χ1) is 15.7. The minimum absolute atomic E-state index is 0.0257. The van der Waals surface area contributed by atoms with E-state index in [1.807, 2.05) is 60.7 Å². The van der Waals surface area contributed by atoms with Crippen molar-refractivity contribution >= 4 is 22.5 Å². The third-order valence-corrected chi connectivity index (χ3v) is 6.24. The average molecular weight is 425 g/mol. The number of nitrogens with one attached hydrogen (secondary N) is 1. The van der Waals surface area contributed by atoms with Crippen LogP contribution in [-0.4, -0.2) is 25.1 Å². The Bertz CT molecular complexity index is 1300. The van der Waals surface area contributed by atoms with Gasteiger partial charge in [-0.25, -0.2) is 0 Å². The summed E-state index contributed by atoms with van der Waals surface area (Å²) in [6.07, 6.45) is 2.41. The molecule has 0 saturated carbocycles. The maximum atomic E-state index is 13.6. The van der Waals surface area contributed by atoms with Crippen molar-refractivity contribution in [1.29, 1.82) is 0 Å². The maximum Gasteiger partial charge on any atom is 0.228 e. The number of para-hydroxylation sites is 1. The zero-order valence-corrected chi connectivity index (χ0v) is 18.0. The van der Waals surface area contributed by atoms with Crippen LogP contribution in [0.25, 0.3) is 10.9 Å². The van der Waals surface area contributed by atoms with Crippen LogP contribution in [0.2, 0.25) is 0 Å². The van der Waals surface area contributed by atoms with Crippen LogP contribution in [0.3, 0.4) is 0 Å². The summed E-state index contributed by atoms with van der Waals surface area (Å²) >= 11 is 0. The second-order valence-corrected chi connectivity index (χ2v) is 7.96. The van der Waals surface area contributed by atoms with Gasteiger partial charge in [0.25, 0.3) is 0 Å². The molecule has 1 N–H and O–H groups in total. The molecule has 0 saturated heterocycles. The third-order valence-electron chi connectivity index (χ3n) is 6.24. The Kier molecular flexibility index (Phi) is 5.23. The van der Waals surface area contributed by atoms with Crippen LogP contribution >= 0.6 is 0 Å². The molecule has 1 heterocycles. The number of benzene rings is 3. The lowest BCUT2D eigenvalue weighted by molar-refractivity contribution is -0.120. The van der Waals surface area contributed by atoms with Crippen molar-refractivity contribution in [2.45, 2.75) is 12.3 Å². The summed E-state index contributed by atoms with van der Waals surface area (Å²) in [6, 6.07) is 23.8. The molecule has 0 spiro atoms. The molecule has 32 heavy (non-hydrogen) atoms. The second-order valence-electron chi connectivity index (χ2n) is 7.96. The van der Waals surface area contributed by atoms with Crippen molar-refractivity contribution in [3.63, 3.8) is 0 Å². The number of pyridine rings is 1. The number of ether oxygens (including phenoxy) is 2. The van der Waals surface area contributed by atoms with Gasteiger partial charge in [-0.05, 0) is 35.7 Å². The van der Waals surface area contributed by atoms with Gasteiger partial charge in [0.15, 0.2) is 0 Å². The Morgan fingerprint density at radius 3 is 2.62 bits per heavy atom. The van der Waals surface area contributed by atoms with Gasteiger partial charge in [0, 0.05) is 29.1 Å². The molecule has 2 atom stereocenters. The van der Waals surface area contributed by atoms with Crippen LogP contribution in [0.15, 0.2) is 79.0 Å². The molecule has 5 heteroatoms. The minimum atomic E-state index is -0.270. The third kappa shape index (κ3) is 3.46. The van der Waals surface area contributed by atoms with E-state index in [1.54, 1.807) is 20.4 Å². The molecule has 160 valence electrons. The zero-order chi connectivity index (χ0) is 22.1. The van der Waals surface area contributed by atoms with E-state index in [2.05, 4.69) is 22.4 Å². The second kappa shape index (κ2) is 8.35. The summed E-state index contributed by atoms with van der Waals surface area (Å²) in [5.41, 5.74) is 4.84. The van der Waals surface area contributed by atoms with Crippen molar-refractivity contribution < 1.29 is 14.3 Å². The van der Waals surface area contributed by atoms with Crippen molar-refractivity contribution in [2.75, 3.05) is 19.5 Å². The number of amides is 1. The number of hydrogen-bond acceptors (Lipinski definition) is 4. The molecule has 1 aliphatic carbocycles. The van der Waals surface area contributed by atoms with E-state index in [-0.39, 0.29) is 17.7 Å². The molecule has 1 aliphatic rings. The van der Waals surface area contributed by atoms with Crippen LogP contribution < -0.4 is 14.8 Å². The molecule has 1 aromatic heterocycles. The summed E-state index contributed by atoms with van der Waals surface area (Å²) in [6.45, 7) is 0. The summed E-state index contributed by atoms with van der Waals surface area (Å²) in [7, 11) is 3.28. The Morgan fingerprint density at radius 2 is 1.78 bits per heavy atom. The fourth-order valence-electron chi connectivity index (χ4n) is 4.73. The highest BCUT2D eigenvalue weighted by molar-refractivity contribution is 6.02. The topological polar surface area (TPSA) is 60.5 Å². The number of fused-ring (bicyclic) bond motifs is 2. The number of nitrogens with zero attached hydrogens (tertiary/aromatic N) is 1. The molecule has 0 radical (unpaired) electrons. The molecule has 0 unspecified atom stereocenters. The van der Waals surface area contributed by atoms with E-state index in [9.17, 15) is 4.79 Å². The standard InChI is InChI=1S/C27H24N2O3/c1-31-19-12-13-21(24(16-19)32-2)25-20-10-4-3-7-18(20)15-22(25)27(30)29-23-11-5-8-17-9-6-14-28-26(17)23/h3-14,16,22,25H,15H2,1-2H3,(H,29,30)/t22-,25-/m0/s1. The lowest BCUT2D eigenvalue weighted by atomic mass is 9.84. The first-order valence-electron chi connectivity index (χ1n) is 10.6. The van der Waals surface area contributed by atoms with E-state index in [0.717, 1.165) is 39.2 Å². The first-order valence-corrected chi connectivity index (χ1v) is 10.6. The van der Waals surface area contributed by atoms with Gasteiger partial charge in [0.2, 0.25) is 5.91 Å². The molecular weight excluding hydrogens is 400 g/mol. The summed E-state index contributed by atoms with van der Waals surface area (Å²) in [4.78, 5) is 18.1. The molecule has 0 fully saturated rings. The highest BCUT2D eigenvalue weighted by Crippen LogP contribution is 2.46. The Labute approximate surface area is 187 Å². The number of rotatable bonds is 5. The van der Waals surface area contributed by atoms with E-state index in [4.69, 9.17) is 9.47 Å². The summed E-state index contributed by atoms with van der Waals surface area (Å²) < 4.78 is 11.1. The number of anilines is 1. The van der Waals surface area contributed by atoms with Gasteiger partial charge in [0.1, 0.15) is 11.5 Å². The molecule has 5 rings (SSSR count). The van der Waals surface area contributed by atoms with Gasteiger partial charge >= 0.3 is 0 Å². The van der Waals surface area contributed by atoms with Crippen LogP contribution in [0.5, 0.6) is 11.5 Å². The van der Waals surface area contributed by atoms with Gasteiger partial charge in [-0.3, -0.25) is 9.78 Å². The number of aromatic nitrogens is 1. The first kappa shape index (κ1) is 20.1. The van der Waals surface area contributed by atoms with Gasteiger partial charge in [-0.1, -0.05) is 48.5 Å². The molecule has 0 aliphatic heterocycles. The van der Waals surface area contributed by atoms with Crippen LogP contribution in [0.1, 0.15) is 22.6 Å². The van der Waals surface area contributed by atoms with Crippen molar-refractivity contribution in [1.82, 2.24) is 4.98 Å². The lowest BCUT2D eigenvalue weighted by Gasteiger charge is -2.23. The van der Waals surface area contributed by atoms with E-state index in [0.29, 0.717) is 6.42 Å². The largest absolute Gasteiger partial charge is 0.497 e. The number of carbonyl (C=O) groups excluding carboxylic acids is 1.